The molecule has 1 aliphatic carbocycles. The molecule has 0 bridgehead atoms. The number of ether oxygens (including phenoxy) is 2. The monoisotopic (exact) mass is 552 g/mol. The van der Waals surface area contributed by atoms with Gasteiger partial charge in [0.2, 0.25) is 5.91 Å². The minimum absolute atomic E-state index is 0.0439. The first kappa shape index (κ1) is 28.4. The number of para-hydroxylation sites is 1. The Kier molecular flexibility index (Phi) is 8.49. The third-order valence-electron chi connectivity index (χ3n) is 7.17. The second-order valence-corrected chi connectivity index (χ2v) is 12.5. The number of aromatic nitrogens is 1. The van der Waals surface area contributed by atoms with Crippen LogP contribution in [0.2, 0.25) is 0 Å². The molecule has 1 amide bonds. The topological polar surface area (TPSA) is 104 Å². The van der Waals surface area contributed by atoms with Crippen LogP contribution in [0.15, 0.2) is 58.4 Å². The van der Waals surface area contributed by atoms with Crippen LogP contribution in [0.1, 0.15) is 50.7 Å². The van der Waals surface area contributed by atoms with Crippen molar-refractivity contribution in [1.29, 1.82) is 0 Å². The van der Waals surface area contributed by atoms with E-state index in [4.69, 9.17) is 9.47 Å². The zero-order chi connectivity index (χ0) is 28.3. The average Bonchev–Trinajstić information content (AvgIpc) is 2.89. The van der Waals surface area contributed by atoms with Crippen LogP contribution in [0, 0.1) is 13.8 Å². The van der Waals surface area contributed by atoms with Gasteiger partial charge in [-0.25, -0.2) is 8.42 Å². The number of hydrogen-bond donors (Lipinski definition) is 1. The molecule has 1 aromatic heterocycles. The van der Waals surface area contributed by atoms with Crippen molar-refractivity contribution in [3.8, 4) is 28.4 Å². The first-order chi connectivity index (χ1) is 18.5. The second-order valence-electron chi connectivity index (χ2n) is 10.2. The van der Waals surface area contributed by atoms with Crippen LogP contribution >= 0.6 is 0 Å². The van der Waals surface area contributed by atoms with E-state index in [0.29, 0.717) is 28.4 Å². The molecule has 0 saturated heterocycles. The first-order valence-corrected chi connectivity index (χ1v) is 14.9. The molecule has 1 aliphatic rings. The average molecular weight is 553 g/mol. The number of nitrogens with zero attached hydrogens (tertiary/aromatic N) is 1. The molecule has 1 saturated carbocycles. The third-order valence-corrected chi connectivity index (χ3v) is 8.90. The summed E-state index contributed by atoms with van der Waals surface area (Å²) in [5, 5.41) is 2.96. The number of aryl methyl sites for hydroxylation is 3. The number of hydrogen-bond acceptors (Lipinski definition) is 6. The van der Waals surface area contributed by atoms with E-state index >= 15 is 0 Å². The van der Waals surface area contributed by atoms with Gasteiger partial charge in [0.05, 0.1) is 16.8 Å². The summed E-state index contributed by atoms with van der Waals surface area (Å²) in [5.74, 6) is 1.43. The van der Waals surface area contributed by atoms with Crippen molar-refractivity contribution in [1.82, 2.24) is 9.88 Å². The van der Waals surface area contributed by atoms with Gasteiger partial charge in [-0.3, -0.25) is 9.59 Å². The van der Waals surface area contributed by atoms with Crippen molar-refractivity contribution in [2.45, 2.75) is 70.4 Å². The van der Waals surface area contributed by atoms with Crippen molar-refractivity contribution < 1.29 is 22.7 Å². The Hall–Kier alpha value is -3.59. The quantitative estimate of drug-likeness (QED) is 0.418. The van der Waals surface area contributed by atoms with Crippen LogP contribution in [0.25, 0.3) is 11.1 Å². The summed E-state index contributed by atoms with van der Waals surface area (Å²) in [6.07, 6.45) is 4.50. The molecule has 4 rings (SSSR count). The summed E-state index contributed by atoms with van der Waals surface area (Å²) in [7, 11) is -1.86. The summed E-state index contributed by atoms with van der Waals surface area (Å²) < 4.78 is 39.9. The van der Waals surface area contributed by atoms with E-state index in [9.17, 15) is 18.0 Å². The Labute approximate surface area is 229 Å². The van der Waals surface area contributed by atoms with Crippen molar-refractivity contribution >= 4 is 15.7 Å². The van der Waals surface area contributed by atoms with Gasteiger partial charge in [0.15, 0.2) is 9.84 Å². The van der Waals surface area contributed by atoms with Crippen LogP contribution in [0.4, 0.5) is 0 Å². The van der Waals surface area contributed by atoms with Gasteiger partial charge in [-0.15, -0.1) is 0 Å². The zero-order valence-corrected chi connectivity index (χ0v) is 23.9. The van der Waals surface area contributed by atoms with Gasteiger partial charge in [-0.2, -0.15) is 0 Å². The first-order valence-electron chi connectivity index (χ1n) is 13.2. The Morgan fingerprint density at radius 3 is 2.28 bits per heavy atom. The molecule has 0 atom stereocenters. The Balaban J connectivity index is 1.79. The highest BCUT2D eigenvalue weighted by Crippen LogP contribution is 2.41. The lowest BCUT2D eigenvalue weighted by Crippen LogP contribution is -2.38. The number of carbonyl (C=O) groups is 1. The summed E-state index contributed by atoms with van der Waals surface area (Å²) in [5.41, 5.74) is 2.73. The molecule has 9 heteroatoms. The molecule has 0 radical (unpaired) electrons. The highest BCUT2D eigenvalue weighted by Gasteiger charge is 2.26. The van der Waals surface area contributed by atoms with E-state index in [1.165, 1.54) is 17.6 Å². The van der Waals surface area contributed by atoms with Gasteiger partial charge in [-0.1, -0.05) is 25.1 Å². The molecule has 8 nitrogen and oxygen atoms in total. The van der Waals surface area contributed by atoms with Crippen molar-refractivity contribution in [3.63, 3.8) is 0 Å². The van der Waals surface area contributed by atoms with Gasteiger partial charge >= 0.3 is 0 Å². The summed E-state index contributed by atoms with van der Waals surface area (Å²) in [4.78, 5) is 24.3. The number of carbonyl (C=O) groups excluding carboxylic acids is 1. The van der Waals surface area contributed by atoms with E-state index in [1.54, 1.807) is 38.4 Å². The predicted molar refractivity (Wildman–Crippen MR) is 151 cm³/mol. The van der Waals surface area contributed by atoms with Gasteiger partial charge in [0.1, 0.15) is 17.2 Å². The molecule has 1 fully saturated rings. The molecular formula is C30H36N2O6S. The van der Waals surface area contributed by atoms with Gasteiger partial charge in [-0.05, 0) is 68.9 Å². The largest absolute Gasteiger partial charge is 0.490 e. The fourth-order valence-corrected chi connectivity index (χ4v) is 5.85. The predicted octanol–water partition coefficient (Wildman–Crippen LogP) is 5.08. The SMILES string of the molecule is CCS(=O)(=O)c1ccc(Oc2c(C)cccc2C)c(-c2cn(C)c(=O)cc2O[C@H]2CC[C@@H](NC(C)=O)CC2)c1. The minimum Gasteiger partial charge on any atom is -0.490 e. The van der Waals surface area contributed by atoms with Crippen LogP contribution in [-0.2, 0) is 21.7 Å². The molecule has 0 spiro atoms. The number of benzene rings is 2. The Bertz CT molecular complexity index is 1520. The number of sulfone groups is 1. The summed E-state index contributed by atoms with van der Waals surface area (Å²) in [6.45, 7) is 7.03. The number of rotatable bonds is 8. The highest BCUT2D eigenvalue weighted by molar-refractivity contribution is 7.91. The third kappa shape index (κ3) is 6.53. The van der Waals surface area contributed by atoms with E-state index in [1.807, 2.05) is 32.0 Å². The fraction of sp³-hybridized carbons (Fsp3) is 0.400. The van der Waals surface area contributed by atoms with E-state index in [-0.39, 0.29) is 34.3 Å². The van der Waals surface area contributed by atoms with Crippen molar-refractivity contribution in [2.75, 3.05) is 5.75 Å². The number of pyridine rings is 1. The molecule has 0 aliphatic heterocycles. The maximum Gasteiger partial charge on any atom is 0.254 e. The minimum atomic E-state index is -3.51. The highest BCUT2D eigenvalue weighted by atomic mass is 32.2. The van der Waals surface area contributed by atoms with Gasteiger partial charge in [0.25, 0.3) is 5.56 Å². The van der Waals surface area contributed by atoms with E-state index in [0.717, 1.165) is 36.8 Å². The van der Waals surface area contributed by atoms with Crippen LogP contribution in [0.5, 0.6) is 17.2 Å². The molecule has 2 aromatic carbocycles. The maximum absolute atomic E-state index is 12.8. The Morgan fingerprint density at radius 2 is 1.67 bits per heavy atom. The standard InChI is InChI=1S/C30H36N2O6S/c1-6-39(35,36)24-14-15-27(38-30-19(2)8-7-9-20(30)3)25(16-24)26-18-32(5)29(34)17-28(26)37-23-12-10-22(11-13-23)31-21(4)33/h7-9,14-18,22-23H,6,10-13H2,1-5H3,(H,31,33)/t22-,23+. The molecule has 1 heterocycles. The smallest absolute Gasteiger partial charge is 0.254 e. The lowest BCUT2D eigenvalue weighted by atomic mass is 9.92. The molecule has 3 aromatic rings. The zero-order valence-electron chi connectivity index (χ0n) is 23.1. The van der Waals surface area contributed by atoms with Gasteiger partial charge < -0.3 is 19.4 Å². The summed E-state index contributed by atoms with van der Waals surface area (Å²) in [6, 6.07) is 12.2. The second kappa shape index (κ2) is 11.7. The molecular weight excluding hydrogens is 516 g/mol. The maximum atomic E-state index is 12.8. The fourth-order valence-electron chi connectivity index (χ4n) is 4.94. The van der Waals surface area contributed by atoms with E-state index < -0.39 is 9.84 Å². The van der Waals surface area contributed by atoms with Crippen molar-refractivity contribution in [2.24, 2.45) is 7.05 Å². The van der Waals surface area contributed by atoms with Crippen molar-refractivity contribution in [3.05, 3.63) is 70.1 Å². The van der Waals surface area contributed by atoms with Gasteiger partial charge in [0, 0.05) is 43.4 Å². The van der Waals surface area contributed by atoms with Crippen LogP contribution in [0.3, 0.4) is 0 Å². The lowest BCUT2D eigenvalue weighted by molar-refractivity contribution is -0.120. The molecule has 1 N–H and O–H groups in total. The normalized spacial score (nSPS) is 17.5. The molecule has 39 heavy (non-hydrogen) atoms. The molecule has 208 valence electrons. The Morgan fingerprint density at radius 1 is 1.00 bits per heavy atom. The lowest BCUT2D eigenvalue weighted by Gasteiger charge is -2.30. The van der Waals surface area contributed by atoms with Crippen LogP contribution in [-0.4, -0.2) is 36.8 Å². The number of amides is 1. The van der Waals surface area contributed by atoms with E-state index in [2.05, 4.69) is 5.32 Å². The molecule has 0 unspecified atom stereocenters. The number of nitrogens with one attached hydrogen (secondary N) is 1. The van der Waals surface area contributed by atoms with Crippen LogP contribution < -0.4 is 20.3 Å². The summed E-state index contributed by atoms with van der Waals surface area (Å²) >= 11 is 0.